The van der Waals surface area contributed by atoms with Crippen molar-refractivity contribution in [2.75, 3.05) is 26.7 Å². The lowest BCUT2D eigenvalue weighted by Crippen LogP contribution is -2.58. The summed E-state index contributed by atoms with van der Waals surface area (Å²) in [6.45, 7) is 6.83. The highest BCUT2D eigenvalue weighted by Crippen LogP contribution is 2.34. The highest BCUT2D eigenvalue weighted by atomic mass is 16.5. The molecule has 0 spiro atoms. The molecule has 6 heteroatoms. The number of esters is 1. The Labute approximate surface area is 119 Å². The quantitative estimate of drug-likeness (QED) is 0.547. The zero-order valence-corrected chi connectivity index (χ0v) is 12.4. The van der Waals surface area contributed by atoms with Crippen molar-refractivity contribution in [2.45, 2.75) is 50.9 Å². The van der Waals surface area contributed by atoms with Gasteiger partial charge in [0.1, 0.15) is 6.04 Å². The number of methoxy groups -OCH3 is 1. The molecule has 0 aromatic heterocycles. The minimum Gasteiger partial charge on any atom is -0.467 e. The SMILES string of the molecule is COC(=O)C1CN1C(=O)N1C2CCC1CN(C(C)C)C2. The molecule has 0 aromatic rings. The maximum absolute atomic E-state index is 12.6. The largest absolute Gasteiger partial charge is 0.467 e. The van der Waals surface area contributed by atoms with Gasteiger partial charge in [-0.15, -0.1) is 0 Å². The van der Waals surface area contributed by atoms with Crippen LogP contribution in [0.3, 0.4) is 0 Å². The van der Waals surface area contributed by atoms with Gasteiger partial charge < -0.3 is 14.5 Å². The molecule has 112 valence electrons. The molecule has 3 saturated heterocycles. The lowest BCUT2D eigenvalue weighted by atomic mass is 10.1. The van der Waals surface area contributed by atoms with Gasteiger partial charge in [-0.1, -0.05) is 0 Å². The van der Waals surface area contributed by atoms with Crippen molar-refractivity contribution in [3.63, 3.8) is 0 Å². The number of carbonyl (C=O) groups excluding carboxylic acids is 2. The number of piperazine rings is 1. The first-order valence-corrected chi connectivity index (χ1v) is 7.43. The van der Waals surface area contributed by atoms with Gasteiger partial charge >= 0.3 is 12.0 Å². The predicted octanol–water partition coefficient (Wildman–Crippen LogP) is 0.521. The molecule has 2 bridgehead atoms. The van der Waals surface area contributed by atoms with Crippen LogP contribution in [0.25, 0.3) is 0 Å². The Morgan fingerprint density at radius 2 is 1.70 bits per heavy atom. The van der Waals surface area contributed by atoms with E-state index in [1.807, 2.05) is 4.90 Å². The summed E-state index contributed by atoms with van der Waals surface area (Å²) in [5, 5.41) is 0. The molecular formula is C14H23N3O3. The number of fused-ring (bicyclic) bond motifs is 2. The van der Waals surface area contributed by atoms with Gasteiger partial charge in [-0.3, -0.25) is 4.90 Å². The first-order chi connectivity index (χ1) is 9.52. The van der Waals surface area contributed by atoms with Crippen molar-refractivity contribution in [1.29, 1.82) is 0 Å². The topological polar surface area (TPSA) is 52.9 Å². The lowest BCUT2D eigenvalue weighted by Gasteiger charge is -2.42. The molecule has 3 aliphatic rings. The third kappa shape index (κ3) is 2.16. The summed E-state index contributed by atoms with van der Waals surface area (Å²) in [6.07, 6.45) is 2.16. The van der Waals surface area contributed by atoms with Crippen LogP contribution in [0.15, 0.2) is 0 Å². The standard InChI is InChI=1S/C14H23N3O3/c1-9(2)15-6-10-4-5-11(7-15)17(10)14(19)16-8-12(16)13(18)20-3/h9-12H,4-8H2,1-3H3. The molecule has 3 atom stereocenters. The molecule has 0 aliphatic carbocycles. The van der Waals surface area contributed by atoms with E-state index in [1.54, 1.807) is 4.90 Å². The molecule has 20 heavy (non-hydrogen) atoms. The van der Waals surface area contributed by atoms with E-state index in [4.69, 9.17) is 4.74 Å². The molecule has 3 rings (SSSR count). The van der Waals surface area contributed by atoms with Crippen LogP contribution >= 0.6 is 0 Å². The van der Waals surface area contributed by atoms with E-state index in [-0.39, 0.29) is 18.0 Å². The summed E-state index contributed by atoms with van der Waals surface area (Å²) < 4.78 is 4.70. The number of urea groups is 1. The van der Waals surface area contributed by atoms with Gasteiger partial charge in [-0.05, 0) is 26.7 Å². The van der Waals surface area contributed by atoms with Crippen molar-refractivity contribution in [2.24, 2.45) is 0 Å². The molecule has 6 nitrogen and oxygen atoms in total. The Kier molecular flexibility index (Phi) is 3.36. The molecule has 0 radical (unpaired) electrons. The average Bonchev–Trinajstić information content (AvgIpc) is 3.18. The highest BCUT2D eigenvalue weighted by molar-refractivity contribution is 5.89. The van der Waals surface area contributed by atoms with Gasteiger partial charge in [-0.25, -0.2) is 9.59 Å². The summed E-state index contributed by atoms with van der Waals surface area (Å²) in [5.74, 6) is -0.300. The van der Waals surface area contributed by atoms with Gasteiger partial charge in [0.2, 0.25) is 0 Å². The maximum atomic E-state index is 12.6. The average molecular weight is 281 g/mol. The van der Waals surface area contributed by atoms with Gasteiger partial charge in [0.15, 0.2) is 0 Å². The van der Waals surface area contributed by atoms with E-state index < -0.39 is 0 Å². The fraction of sp³-hybridized carbons (Fsp3) is 0.857. The summed E-state index contributed by atoms with van der Waals surface area (Å²) in [5.41, 5.74) is 0. The van der Waals surface area contributed by atoms with Crippen LogP contribution in [-0.4, -0.2) is 77.6 Å². The van der Waals surface area contributed by atoms with E-state index in [9.17, 15) is 9.59 Å². The zero-order chi connectivity index (χ0) is 14.4. The maximum Gasteiger partial charge on any atom is 0.330 e. The number of rotatable bonds is 2. The molecule has 3 aliphatic heterocycles. The van der Waals surface area contributed by atoms with Crippen LogP contribution in [0.1, 0.15) is 26.7 Å². The minimum atomic E-state index is -0.352. The third-order valence-electron chi connectivity index (χ3n) is 4.79. The molecule has 2 amide bonds. The molecular weight excluding hydrogens is 258 g/mol. The van der Waals surface area contributed by atoms with Crippen LogP contribution in [0.4, 0.5) is 4.79 Å². The van der Waals surface area contributed by atoms with Crippen LogP contribution in [0.5, 0.6) is 0 Å². The van der Waals surface area contributed by atoms with Gasteiger partial charge in [-0.2, -0.15) is 0 Å². The van der Waals surface area contributed by atoms with Crippen molar-refractivity contribution < 1.29 is 14.3 Å². The van der Waals surface area contributed by atoms with E-state index in [0.717, 1.165) is 25.9 Å². The Balaban J connectivity index is 1.65. The van der Waals surface area contributed by atoms with Crippen molar-refractivity contribution >= 4 is 12.0 Å². The fourth-order valence-electron chi connectivity index (χ4n) is 3.51. The van der Waals surface area contributed by atoms with E-state index in [2.05, 4.69) is 18.7 Å². The Morgan fingerprint density at radius 3 is 2.20 bits per heavy atom. The van der Waals surface area contributed by atoms with Crippen LogP contribution in [0.2, 0.25) is 0 Å². The predicted molar refractivity (Wildman–Crippen MR) is 73.3 cm³/mol. The Bertz CT molecular complexity index is 412. The number of carbonyl (C=O) groups is 2. The van der Waals surface area contributed by atoms with E-state index in [0.29, 0.717) is 24.7 Å². The number of hydrogen-bond donors (Lipinski definition) is 0. The summed E-state index contributed by atoms with van der Waals surface area (Å²) >= 11 is 0. The first kappa shape index (κ1) is 13.7. The van der Waals surface area contributed by atoms with Crippen LogP contribution in [0, 0.1) is 0 Å². The zero-order valence-electron chi connectivity index (χ0n) is 12.4. The van der Waals surface area contributed by atoms with E-state index >= 15 is 0 Å². The fourth-order valence-corrected chi connectivity index (χ4v) is 3.51. The third-order valence-corrected chi connectivity index (χ3v) is 4.79. The molecule has 3 fully saturated rings. The molecule has 0 aromatic carbocycles. The van der Waals surface area contributed by atoms with Crippen LogP contribution < -0.4 is 0 Å². The Hall–Kier alpha value is -1.30. The van der Waals surface area contributed by atoms with Crippen molar-refractivity contribution in [1.82, 2.24) is 14.7 Å². The smallest absolute Gasteiger partial charge is 0.330 e. The van der Waals surface area contributed by atoms with Gasteiger partial charge in [0.05, 0.1) is 13.7 Å². The number of nitrogens with zero attached hydrogens (tertiary/aromatic N) is 3. The second-order valence-corrected chi connectivity index (χ2v) is 6.31. The number of amides is 2. The number of hydrogen-bond acceptors (Lipinski definition) is 4. The second kappa shape index (κ2) is 4.91. The van der Waals surface area contributed by atoms with E-state index in [1.165, 1.54) is 7.11 Å². The summed E-state index contributed by atoms with van der Waals surface area (Å²) in [6, 6.07) is 0.816. The molecule has 3 heterocycles. The molecule has 3 unspecified atom stereocenters. The lowest BCUT2D eigenvalue weighted by molar-refractivity contribution is -0.140. The minimum absolute atomic E-state index is 0.0244. The van der Waals surface area contributed by atoms with Crippen LogP contribution in [-0.2, 0) is 9.53 Å². The van der Waals surface area contributed by atoms with Crippen molar-refractivity contribution in [3.05, 3.63) is 0 Å². The summed E-state index contributed by atoms with van der Waals surface area (Å²) in [7, 11) is 1.37. The number of likely N-dealkylation sites (tertiary alicyclic amines) is 1. The monoisotopic (exact) mass is 281 g/mol. The normalized spacial score (nSPS) is 32.7. The molecule has 0 saturated carbocycles. The first-order valence-electron chi connectivity index (χ1n) is 7.43. The number of ether oxygens (including phenoxy) is 1. The second-order valence-electron chi connectivity index (χ2n) is 6.31. The van der Waals surface area contributed by atoms with Gasteiger partial charge in [0.25, 0.3) is 0 Å². The Morgan fingerprint density at radius 1 is 1.10 bits per heavy atom. The molecule has 0 N–H and O–H groups in total. The summed E-state index contributed by atoms with van der Waals surface area (Å²) in [4.78, 5) is 30.1. The van der Waals surface area contributed by atoms with Crippen molar-refractivity contribution in [3.8, 4) is 0 Å². The van der Waals surface area contributed by atoms with Gasteiger partial charge in [0, 0.05) is 31.2 Å². The highest BCUT2D eigenvalue weighted by Gasteiger charge is 2.52.